The number of benzene rings is 1. The van der Waals surface area contributed by atoms with E-state index in [1.807, 2.05) is 0 Å². The van der Waals surface area contributed by atoms with Crippen molar-refractivity contribution in [3.8, 4) is 5.75 Å². The monoisotopic (exact) mass is 201 g/mol. The van der Waals surface area contributed by atoms with Crippen LogP contribution in [0.15, 0.2) is 36.9 Å². The molecule has 0 atom stereocenters. The van der Waals surface area contributed by atoms with Crippen molar-refractivity contribution in [3.63, 3.8) is 0 Å². The van der Waals surface area contributed by atoms with Gasteiger partial charge in [-0.3, -0.25) is 0 Å². The van der Waals surface area contributed by atoms with Gasteiger partial charge in [0, 0.05) is 0 Å². The molecule has 0 spiro atoms. The molecule has 0 bridgehead atoms. The minimum Gasteiger partial charge on any atom is -0.482 e. The van der Waals surface area contributed by atoms with Crippen LogP contribution in [0, 0.1) is 6.61 Å². The Morgan fingerprint density at radius 2 is 2.00 bits per heavy atom. The van der Waals surface area contributed by atoms with E-state index < -0.39 is 11.7 Å². The van der Waals surface area contributed by atoms with Gasteiger partial charge in [-0.1, -0.05) is 12.6 Å². The molecule has 1 aromatic carbocycles. The van der Waals surface area contributed by atoms with Gasteiger partial charge in [-0.05, 0) is 24.3 Å². The number of alkyl halides is 3. The van der Waals surface area contributed by atoms with Crippen molar-refractivity contribution >= 4 is 0 Å². The van der Waals surface area contributed by atoms with Crippen molar-refractivity contribution in [2.45, 2.75) is 6.18 Å². The van der Waals surface area contributed by atoms with Crippen molar-refractivity contribution < 1.29 is 17.9 Å². The minimum atomic E-state index is -4.34. The normalized spacial score (nSPS) is 11.1. The summed E-state index contributed by atoms with van der Waals surface area (Å²) in [5, 5.41) is 0. The highest BCUT2D eigenvalue weighted by molar-refractivity contribution is 5.30. The average Bonchev–Trinajstić information content (AvgIpc) is 2.14. The molecule has 0 aliphatic heterocycles. The highest BCUT2D eigenvalue weighted by atomic mass is 19.4. The van der Waals surface area contributed by atoms with Crippen LogP contribution in [-0.4, -0.2) is 0 Å². The van der Waals surface area contributed by atoms with Crippen LogP contribution in [0.1, 0.15) is 5.56 Å². The molecular weight excluding hydrogens is 193 g/mol. The molecule has 0 heterocycles. The van der Waals surface area contributed by atoms with E-state index in [0.717, 1.165) is 12.1 Å². The number of ether oxygens (including phenoxy) is 1. The van der Waals surface area contributed by atoms with Crippen molar-refractivity contribution in [2.24, 2.45) is 0 Å². The van der Waals surface area contributed by atoms with Gasteiger partial charge in [0.25, 0.3) is 0 Å². The van der Waals surface area contributed by atoms with Crippen LogP contribution in [0.25, 0.3) is 0 Å². The summed E-state index contributed by atoms with van der Waals surface area (Å²) in [5.74, 6) is 0.139. The predicted octanol–water partition coefficient (Wildman–Crippen LogP) is 3.43. The van der Waals surface area contributed by atoms with Crippen LogP contribution >= 0.6 is 0 Å². The third-order valence-corrected chi connectivity index (χ3v) is 1.46. The molecule has 1 nitrogen and oxygen atoms in total. The molecule has 0 saturated carbocycles. The molecular formula is C10H8F3O. The molecule has 1 radical (unpaired) electrons. The summed E-state index contributed by atoms with van der Waals surface area (Å²) in [7, 11) is 0. The van der Waals surface area contributed by atoms with Gasteiger partial charge in [0.15, 0.2) is 6.61 Å². The van der Waals surface area contributed by atoms with Crippen molar-refractivity contribution in [3.05, 3.63) is 49.1 Å². The molecule has 0 fully saturated rings. The Morgan fingerprint density at radius 3 is 2.57 bits per heavy atom. The zero-order chi connectivity index (χ0) is 10.6. The first-order chi connectivity index (χ1) is 6.54. The largest absolute Gasteiger partial charge is 0.482 e. The zero-order valence-corrected chi connectivity index (χ0v) is 7.21. The second kappa shape index (κ2) is 4.17. The van der Waals surface area contributed by atoms with Crippen LogP contribution in [-0.2, 0) is 6.18 Å². The first-order valence-electron chi connectivity index (χ1n) is 3.82. The molecule has 0 N–H and O–H groups in total. The van der Waals surface area contributed by atoms with Gasteiger partial charge >= 0.3 is 6.18 Å². The lowest BCUT2D eigenvalue weighted by Gasteiger charge is -2.08. The topological polar surface area (TPSA) is 9.23 Å². The van der Waals surface area contributed by atoms with Gasteiger partial charge < -0.3 is 4.74 Å². The number of hydrogen-bond acceptors (Lipinski definition) is 1. The van der Waals surface area contributed by atoms with Crippen LogP contribution in [0.4, 0.5) is 13.2 Å². The van der Waals surface area contributed by atoms with E-state index >= 15 is 0 Å². The van der Waals surface area contributed by atoms with E-state index in [1.165, 1.54) is 24.8 Å². The summed E-state index contributed by atoms with van der Waals surface area (Å²) < 4.78 is 41.5. The molecule has 0 amide bonds. The van der Waals surface area contributed by atoms with Crippen LogP contribution in [0.3, 0.4) is 0 Å². The third-order valence-electron chi connectivity index (χ3n) is 1.46. The van der Waals surface area contributed by atoms with Gasteiger partial charge in [-0.25, -0.2) is 0 Å². The molecule has 0 aliphatic rings. The molecule has 0 aliphatic carbocycles. The fraction of sp³-hybridized carbons (Fsp3) is 0.100. The summed E-state index contributed by atoms with van der Waals surface area (Å²) in [6, 6.07) is 4.64. The molecule has 4 heteroatoms. The lowest BCUT2D eigenvalue weighted by Crippen LogP contribution is -2.04. The fourth-order valence-corrected chi connectivity index (χ4v) is 0.872. The smallest absolute Gasteiger partial charge is 0.416 e. The van der Waals surface area contributed by atoms with Gasteiger partial charge in [0.1, 0.15) is 5.75 Å². The van der Waals surface area contributed by atoms with Crippen LogP contribution in [0.2, 0.25) is 0 Å². The maximum Gasteiger partial charge on any atom is 0.416 e. The van der Waals surface area contributed by atoms with E-state index in [2.05, 4.69) is 6.58 Å². The Labute approximate surface area is 79.8 Å². The Balaban J connectivity index is 2.84. The molecule has 1 rings (SSSR count). The summed E-state index contributed by atoms with van der Waals surface area (Å²) in [5.41, 5.74) is -0.729. The Morgan fingerprint density at radius 1 is 1.29 bits per heavy atom. The Bertz CT molecular complexity index is 317. The van der Waals surface area contributed by atoms with Crippen molar-refractivity contribution in [2.75, 3.05) is 0 Å². The highest BCUT2D eigenvalue weighted by Gasteiger charge is 2.30. The van der Waals surface area contributed by atoms with E-state index in [0.29, 0.717) is 0 Å². The zero-order valence-electron chi connectivity index (χ0n) is 7.21. The molecule has 0 unspecified atom stereocenters. The van der Waals surface area contributed by atoms with Crippen molar-refractivity contribution in [1.29, 1.82) is 0 Å². The van der Waals surface area contributed by atoms with E-state index in [-0.39, 0.29) is 5.75 Å². The molecule has 1 aromatic rings. The molecule has 0 aromatic heterocycles. The SMILES string of the molecule is C=C[CH]Oc1cccc(C(F)(F)F)c1. The second-order valence-corrected chi connectivity index (χ2v) is 2.52. The van der Waals surface area contributed by atoms with Gasteiger partial charge in [0.05, 0.1) is 5.56 Å². The molecule has 0 saturated heterocycles. The van der Waals surface area contributed by atoms with E-state index in [4.69, 9.17) is 4.74 Å². The number of hydrogen-bond donors (Lipinski definition) is 0. The summed E-state index contributed by atoms with van der Waals surface area (Å²) in [4.78, 5) is 0. The van der Waals surface area contributed by atoms with Gasteiger partial charge in [-0.2, -0.15) is 13.2 Å². The third kappa shape index (κ3) is 2.80. The maximum atomic E-state index is 12.2. The standard InChI is InChI=1S/C10H8F3O/c1-2-6-14-9-5-3-4-8(7-9)10(11,12)13/h2-7H,1H2. The second-order valence-electron chi connectivity index (χ2n) is 2.52. The maximum absolute atomic E-state index is 12.2. The van der Waals surface area contributed by atoms with Crippen molar-refractivity contribution in [1.82, 2.24) is 0 Å². The summed E-state index contributed by atoms with van der Waals surface area (Å²) in [6.45, 7) is 4.56. The Hall–Kier alpha value is -1.45. The fourth-order valence-electron chi connectivity index (χ4n) is 0.872. The summed E-state index contributed by atoms with van der Waals surface area (Å²) >= 11 is 0. The predicted molar refractivity (Wildman–Crippen MR) is 46.6 cm³/mol. The van der Waals surface area contributed by atoms with Crippen LogP contribution < -0.4 is 4.74 Å². The van der Waals surface area contributed by atoms with E-state index in [1.54, 1.807) is 0 Å². The lowest BCUT2D eigenvalue weighted by molar-refractivity contribution is -0.137. The first kappa shape index (κ1) is 10.6. The quantitative estimate of drug-likeness (QED) is 0.727. The lowest BCUT2D eigenvalue weighted by atomic mass is 10.2. The molecule has 75 valence electrons. The number of halogens is 3. The van der Waals surface area contributed by atoms with Crippen LogP contribution in [0.5, 0.6) is 5.75 Å². The average molecular weight is 201 g/mol. The Kier molecular flexibility index (Phi) is 3.17. The van der Waals surface area contributed by atoms with Gasteiger partial charge in [0.2, 0.25) is 0 Å². The first-order valence-corrected chi connectivity index (χ1v) is 3.82. The van der Waals surface area contributed by atoms with Gasteiger partial charge in [-0.15, -0.1) is 0 Å². The highest BCUT2D eigenvalue weighted by Crippen LogP contribution is 2.31. The summed E-state index contributed by atoms with van der Waals surface area (Å²) in [6.07, 6.45) is -2.99. The molecule has 14 heavy (non-hydrogen) atoms. The van der Waals surface area contributed by atoms with E-state index in [9.17, 15) is 13.2 Å². The minimum absolute atomic E-state index is 0.139. The number of rotatable bonds is 3.